The first-order valence-corrected chi connectivity index (χ1v) is 6.85. The van der Waals surface area contributed by atoms with Crippen molar-refractivity contribution >= 4 is 27.4 Å². The maximum absolute atomic E-state index is 12.7. The molecule has 6 nitrogen and oxygen atoms in total. The van der Waals surface area contributed by atoms with Crippen molar-refractivity contribution in [2.75, 3.05) is 16.2 Å². The molecule has 0 aliphatic rings. The zero-order chi connectivity index (χ0) is 15.6. The van der Waals surface area contributed by atoms with Crippen molar-refractivity contribution in [1.29, 1.82) is 0 Å². The van der Waals surface area contributed by atoms with E-state index >= 15 is 0 Å². The molecule has 20 heavy (non-hydrogen) atoms. The summed E-state index contributed by atoms with van der Waals surface area (Å²) in [5, 5.41) is 8.37. The van der Waals surface area contributed by atoms with Crippen molar-refractivity contribution in [2.45, 2.75) is 12.6 Å². The first kappa shape index (κ1) is 16.1. The number of alkyl halides is 3. The fourth-order valence-corrected chi connectivity index (χ4v) is 2.38. The Hall–Kier alpha value is -1.97. The van der Waals surface area contributed by atoms with Crippen molar-refractivity contribution in [1.82, 2.24) is 0 Å². The second kappa shape index (κ2) is 5.57. The van der Waals surface area contributed by atoms with E-state index in [1.165, 1.54) is 0 Å². The Morgan fingerprint density at radius 1 is 1.35 bits per heavy atom. The standard InChI is InChI=1S/C10H11F3N2O4S/c11-10(12,13)7-5-6(14)1-2-8(7)15-20(18,19)4-3-9(16)17/h1-2,5,15H,3-4,14H2,(H,16,17). The molecular formula is C10H11F3N2O4S. The highest BCUT2D eigenvalue weighted by Crippen LogP contribution is 2.36. The van der Waals surface area contributed by atoms with Gasteiger partial charge in [-0.2, -0.15) is 13.2 Å². The van der Waals surface area contributed by atoms with Gasteiger partial charge in [0.25, 0.3) is 0 Å². The van der Waals surface area contributed by atoms with Gasteiger partial charge in [0, 0.05) is 5.69 Å². The van der Waals surface area contributed by atoms with Crippen LogP contribution in [0.15, 0.2) is 18.2 Å². The topological polar surface area (TPSA) is 109 Å². The lowest BCUT2D eigenvalue weighted by Crippen LogP contribution is -2.21. The van der Waals surface area contributed by atoms with E-state index in [-0.39, 0.29) is 5.69 Å². The lowest BCUT2D eigenvalue weighted by atomic mass is 10.1. The highest BCUT2D eigenvalue weighted by molar-refractivity contribution is 7.92. The summed E-state index contributed by atoms with van der Waals surface area (Å²) in [5.74, 6) is -2.20. The molecule has 0 radical (unpaired) electrons. The maximum atomic E-state index is 12.7. The first-order chi connectivity index (χ1) is 9.01. The number of rotatable bonds is 5. The summed E-state index contributed by atoms with van der Waals surface area (Å²) >= 11 is 0. The van der Waals surface area contributed by atoms with Gasteiger partial charge in [0.15, 0.2) is 0 Å². The summed E-state index contributed by atoms with van der Waals surface area (Å²) in [6, 6.07) is 2.57. The van der Waals surface area contributed by atoms with E-state index in [0.29, 0.717) is 6.07 Å². The minimum atomic E-state index is -4.79. The van der Waals surface area contributed by atoms with Gasteiger partial charge in [-0.25, -0.2) is 8.42 Å². The average molecular weight is 312 g/mol. The van der Waals surface area contributed by atoms with Crippen molar-refractivity contribution in [3.05, 3.63) is 23.8 Å². The van der Waals surface area contributed by atoms with E-state index in [2.05, 4.69) is 0 Å². The molecule has 112 valence electrons. The molecule has 0 saturated heterocycles. The Morgan fingerprint density at radius 2 is 1.95 bits per heavy atom. The van der Waals surface area contributed by atoms with Gasteiger partial charge in [-0.1, -0.05) is 0 Å². The third kappa shape index (κ3) is 4.61. The highest BCUT2D eigenvalue weighted by Gasteiger charge is 2.34. The fraction of sp³-hybridized carbons (Fsp3) is 0.300. The van der Waals surface area contributed by atoms with Crippen LogP contribution in [0.1, 0.15) is 12.0 Å². The highest BCUT2D eigenvalue weighted by atomic mass is 32.2. The number of nitrogens with two attached hydrogens (primary N) is 1. The molecule has 1 rings (SSSR count). The van der Waals surface area contributed by atoms with Gasteiger partial charge < -0.3 is 10.8 Å². The van der Waals surface area contributed by atoms with E-state index in [9.17, 15) is 26.4 Å². The van der Waals surface area contributed by atoms with Gasteiger partial charge in [-0.3, -0.25) is 9.52 Å². The molecule has 4 N–H and O–H groups in total. The third-order valence-electron chi connectivity index (χ3n) is 2.20. The molecule has 1 aromatic rings. The van der Waals surface area contributed by atoms with Crippen molar-refractivity contribution in [2.24, 2.45) is 0 Å². The lowest BCUT2D eigenvalue weighted by molar-refractivity contribution is -0.137. The maximum Gasteiger partial charge on any atom is 0.418 e. The Balaban J connectivity index is 3.06. The molecule has 0 aliphatic carbocycles. The quantitative estimate of drug-likeness (QED) is 0.714. The largest absolute Gasteiger partial charge is 0.481 e. The number of aliphatic carboxylic acids is 1. The smallest absolute Gasteiger partial charge is 0.418 e. The van der Waals surface area contributed by atoms with E-state index in [0.717, 1.165) is 12.1 Å². The van der Waals surface area contributed by atoms with Crippen LogP contribution in [0.4, 0.5) is 24.5 Å². The number of carbonyl (C=O) groups is 1. The molecule has 0 amide bonds. The third-order valence-corrected chi connectivity index (χ3v) is 3.47. The Morgan fingerprint density at radius 3 is 2.45 bits per heavy atom. The molecule has 0 aliphatic heterocycles. The molecule has 0 unspecified atom stereocenters. The van der Waals surface area contributed by atoms with Crippen LogP contribution in [0.3, 0.4) is 0 Å². The van der Waals surface area contributed by atoms with Gasteiger partial charge in [-0.15, -0.1) is 0 Å². The van der Waals surface area contributed by atoms with Gasteiger partial charge >= 0.3 is 12.1 Å². The fourth-order valence-electron chi connectivity index (χ4n) is 1.33. The van der Waals surface area contributed by atoms with E-state index in [1.54, 1.807) is 4.72 Å². The van der Waals surface area contributed by atoms with Gasteiger partial charge in [0.2, 0.25) is 10.0 Å². The summed E-state index contributed by atoms with van der Waals surface area (Å²) in [6.45, 7) is 0. The van der Waals surface area contributed by atoms with Crippen molar-refractivity contribution in [3.63, 3.8) is 0 Å². The molecular weight excluding hydrogens is 301 g/mol. The SMILES string of the molecule is Nc1ccc(NS(=O)(=O)CCC(=O)O)c(C(F)(F)F)c1. The summed E-state index contributed by atoms with van der Waals surface area (Å²) in [6.07, 6.45) is -5.51. The number of anilines is 2. The van der Waals surface area contributed by atoms with Crippen LogP contribution in [0, 0.1) is 0 Å². The number of sulfonamides is 1. The minimum absolute atomic E-state index is 0.175. The van der Waals surface area contributed by atoms with Crippen LogP contribution in [-0.4, -0.2) is 25.2 Å². The van der Waals surface area contributed by atoms with Crippen LogP contribution >= 0.6 is 0 Å². The van der Waals surface area contributed by atoms with Crippen LogP contribution in [0.25, 0.3) is 0 Å². The van der Waals surface area contributed by atoms with Crippen LogP contribution < -0.4 is 10.5 Å². The number of carboxylic acids is 1. The number of hydrogen-bond donors (Lipinski definition) is 3. The second-order valence-electron chi connectivity index (χ2n) is 3.87. The van der Waals surface area contributed by atoms with Crippen molar-refractivity contribution < 1.29 is 31.5 Å². The number of halogens is 3. The summed E-state index contributed by atoms with van der Waals surface area (Å²) in [5.41, 5.74) is 3.12. The average Bonchev–Trinajstić information content (AvgIpc) is 2.27. The lowest BCUT2D eigenvalue weighted by Gasteiger charge is -2.15. The van der Waals surface area contributed by atoms with E-state index in [1.807, 2.05) is 0 Å². The van der Waals surface area contributed by atoms with Gasteiger partial charge in [0.05, 0.1) is 23.4 Å². The summed E-state index contributed by atoms with van der Waals surface area (Å²) < 4.78 is 62.9. The molecule has 10 heteroatoms. The molecule has 0 saturated carbocycles. The zero-order valence-electron chi connectivity index (χ0n) is 9.94. The molecule has 0 aromatic heterocycles. The number of benzene rings is 1. The first-order valence-electron chi connectivity index (χ1n) is 5.20. The van der Waals surface area contributed by atoms with Crippen LogP contribution in [-0.2, 0) is 21.0 Å². The van der Waals surface area contributed by atoms with Crippen LogP contribution in [0.2, 0.25) is 0 Å². The normalized spacial score (nSPS) is 12.2. The van der Waals surface area contributed by atoms with Crippen LogP contribution in [0.5, 0.6) is 0 Å². The summed E-state index contributed by atoms with van der Waals surface area (Å²) in [4.78, 5) is 10.3. The predicted octanol–water partition coefficient (Wildman–Crippen LogP) is 1.50. The Bertz CT molecular complexity index is 613. The number of carboxylic acid groups (broad SMARTS) is 1. The zero-order valence-corrected chi connectivity index (χ0v) is 10.8. The number of nitrogens with one attached hydrogen (secondary N) is 1. The minimum Gasteiger partial charge on any atom is -0.481 e. The molecule has 0 fully saturated rings. The molecule has 0 spiro atoms. The Kier molecular flexibility index (Phi) is 4.48. The molecule has 0 bridgehead atoms. The summed E-state index contributed by atoms with van der Waals surface area (Å²) in [7, 11) is -4.20. The number of hydrogen-bond acceptors (Lipinski definition) is 4. The van der Waals surface area contributed by atoms with Gasteiger partial charge in [0.1, 0.15) is 0 Å². The monoisotopic (exact) mass is 312 g/mol. The Labute approximate surface area is 112 Å². The molecule has 0 heterocycles. The van der Waals surface area contributed by atoms with Gasteiger partial charge in [-0.05, 0) is 18.2 Å². The van der Waals surface area contributed by atoms with E-state index in [4.69, 9.17) is 10.8 Å². The second-order valence-corrected chi connectivity index (χ2v) is 5.71. The van der Waals surface area contributed by atoms with Crippen molar-refractivity contribution in [3.8, 4) is 0 Å². The predicted molar refractivity (Wildman–Crippen MR) is 65.5 cm³/mol. The molecule has 0 atom stereocenters. The molecule has 1 aromatic carbocycles. The number of nitrogen functional groups attached to an aromatic ring is 1. The van der Waals surface area contributed by atoms with E-state index < -0.39 is 45.6 Å².